The molecule has 0 fully saturated rings. The zero-order chi connectivity index (χ0) is 11.4. The molecule has 0 saturated heterocycles. The summed E-state index contributed by atoms with van der Waals surface area (Å²) in [7, 11) is 0. The topological polar surface area (TPSA) is 49.7 Å². The zero-order valence-electron chi connectivity index (χ0n) is 8.94. The number of benzene rings is 1. The van der Waals surface area contributed by atoms with Crippen LogP contribution in [0.4, 0.5) is 0 Å². The number of thioether (sulfide) groups is 1. The lowest BCUT2D eigenvalue weighted by atomic mass is 10.1. The molecule has 0 aliphatic rings. The van der Waals surface area contributed by atoms with E-state index in [0.717, 1.165) is 10.5 Å². The van der Waals surface area contributed by atoms with Gasteiger partial charge in [0.2, 0.25) is 0 Å². The highest BCUT2D eigenvalue weighted by molar-refractivity contribution is 7.98. The number of rotatable bonds is 3. The molecule has 0 radical (unpaired) electrons. The van der Waals surface area contributed by atoms with Crippen molar-refractivity contribution in [1.29, 1.82) is 0 Å². The van der Waals surface area contributed by atoms with Crippen LogP contribution in [0.15, 0.2) is 28.3 Å². The van der Waals surface area contributed by atoms with Crippen molar-refractivity contribution < 1.29 is 10.0 Å². The van der Waals surface area contributed by atoms with Crippen molar-refractivity contribution in [2.75, 3.05) is 6.26 Å². The van der Waals surface area contributed by atoms with Crippen LogP contribution in [-0.4, -0.2) is 23.0 Å². The summed E-state index contributed by atoms with van der Waals surface area (Å²) in [6.07, 6.45) is 1.90. The fraction of sp³-hybridized carbons (Fsp3) is 0.273. The minimum atomic E-state index is 0.0203. The van der Waals surface area contributed by atoms with Crippen molar-refractivity contribution in [2.45, 2.75) is 18.7 Å². The van der Waals surface area contributed by atoms with Crippen LogP contribution >= 0.6 is 11.8 Å². The van der Waals surface area contributed by atoms with Crippen LogP contribution in [0.25, 0.3) is 0 Å². The Bertz CT molecular complexity index is 413. The average Bonchev–Trinajstić information content (AvgIpc) is 2.26. The molecule has 80 valence electrons. The summed E-state index contributed by atoms with van der Waals surface area (Å²) < 4.78 is 0. The molecule has 0 atom stereocenters. The van der Waals surface area contributed by atoms with Crippen molar-refractivity contribution in [2.24, 2.45) is 5.16 Å². The first-order valence-electron chi connectivity index (χ1n) is 4.48. The SMILES string of the molecule is CSc1c(C(C)=O)cccc1/C(C)=N/O. The summed E-state index contributed by atoms with van der Waals surface area (Å²) in [6, 6.07) is 5.41. The third-order valence-corrected chi connectivity index (χ3v) is 2.99. The number of oxime groups is 1. The molecular weight excluding hydrogens is 210 g/mol. The molecule has 0 unspecified atom stereocenters. The van der Waals surface area contributed by atoms with Crippen LogP contribution in [-0.2, 0) is 0 Å². The van der Waals surface area contributed by atoms with E-state index in [4.69, 9.17) is 5.21 Å². The van der Waals surface area contributed by atoms with Gasteiger partial charge in [0, 0.05) is 16.0 Å². The minimum absolute atomic E-state index is 0.0203. The molecule has 1 aromatic carbocycles. The molecule has 15 heavy (non-hydrogen) atoms. The summed E-state index contributed by atoms with van der Waals surface area (Å²) in [5, 5.41) is 11.9. The average molecular weight is 223 g/mol. The van der Waals surface area contributed by atoms with Crippen molar-refractivity contribution in [3.05, 3.63) is 29.3 Å². The predicted molar refractivity (Wildman–Crippen MR) is 62.2 cm³/mol. The molecule has 1 N–H and O–H groups in total. The maximum absolute atomic E-state index is 11.4. The molecule has 0 heterocycles. The van der Waals surface area contributed by atoms with Gasteiger partial charge in [0.05, 0.1) is 5.71 Å². The van der Waals surface area contributed by atoms with Crippen molar-refractivity contribution in [3.8, 4) is 0 Å². The van der Waals surface area contributed by atoms with Gasteiger partial charge in [0.25, 0.3) is 0 Å². The van der Waals surface area contributed by atoms with Gasteiger partial charge >= 0.3 is 0 Å². The minimum Gasteiger partial charge on any atom is -0.411 e. The second-order valence-electron chi connectivity index (χ2n) is 3.13. The highest BCUT2D eigenvalue weighted by Crippen LogP contribution is 2.26. The maximum Gasteiger partial charge on any atom is 0.160 e. The summed E-state index contributed by atoms with van der Waals surface area (Å²) in [6.45, 7) is 3.24. The van der Waals surface area contributed by atoms with E-state index < -0.39 is 0 Å². The normalized spacial score (nSPS) is 11.5. The Labute approximate surface area is 93.2 Å². The number of carbonyl (C=O) groups is 1. The Morgan fingerprint density at radius 3 is 2.40 bits per heavy atom. The molecule has 1 rings (SSSR count). The van der Waals surface area contributed by atoms with Crippen molar-refractivity contribution in [1.82, 2.24) is 0 Å². The van der Waals surface area contributed by atoms with E-state index in [1.807, 2.05) is 12.3 Å². The number of hydrogen-bond donors (Lipinski definition) is 1. The van der Waals surface area contributed by atoms with Gasteiger partial charge in [0.1, 0.15) is 0 Å². The molecule has 0 spiro atoms. The molecule has 0 aliphatic heterocycles. The lowest BCUT2D eigenvalue weighted by Gasteiger charge is -2.09. The Kier molecular flexibility index (Phi) is 3.91. The quantitative estimate of drug-likeness (QED) is 0.282. The Morgan fingerprint density at radius 1 is 1.33 bits per heavy atom. The fourth-order valence-corrected chi connectivity index (χ4v) is 2.24. The second-order valence-corrected chi connectivity index (χ2v) is 3.94. The third-order valence-electron chi connectivity index (χ3n) is 2.14. The Morgan fingerprint density at radius 2 is 1.93 bits per heavy atom. The third kappa shape index (κ3) is 2.39. The molecule has 4 heteroatoms. The van der Waals surface area contributed by atoms with E-state index >= 15 is 0 Å². The van der Waals surface area contributed by atoms with Crippen molar-refractivity contribution >= 4 is 23.3 Å². The maximum atomic E-state index is 11.4. The van der Waals surface area contributed by atoms with Gasteiger partial charge in [-0.05, 0) is 20.1 Å². The van der Waals surface area contributed by atoms with Crippen LogP contribution in [0.2, 0.25) is 0 Å². The van der Waals surface area contributed by atoms with Gasteiger partial charge < -0.3 is 5.21 Å². The number of carbonyl (C=O) groups excluding carboxylic acids is 1. The van der Waals surface area contributed by atoms with Crippen molar-refractivity contribution in [3.63, 3.8) is 0 Å². The fourth-order valence-electron chi connectivity index (χ4n) is 1.37. The molecule has 0 aromatic heterocycles. The molecule has 1 aromatic rings. The van der Waals surface area contributed by atoms with E-state index in [1.54, 1.807) is 19.1 Å². The highest BCUT2D eigenvalue weighted by atomic mass is 32.2. The number of hydrogen-bond acceptors (Lipinski definition) is 4. The van der Waals surface area contributed by atoms with Crippen LogP contribution < -0.4 is 0 Å². The molecular formula is C11H13NO2S. The monoisotopic (exact) mass is 223 g/mol. The molecule has 0 amide bonds. The zero-order valence-corrected chi connectivity index (χ0v) is 9.76. The summed E-state index contributed by atoms with van der Waals surface area (Å²) in [4.78, 5) is 12.2. The van der Waals surface area contributed by atoms with Gasteiger partial charge in [0.15, 0.2) is 5.78 Å². The van der Waals surface area contributed by atoms with Crippen LogP contribution in [0.1, 0.15) is 29.8 Å². The first-order chi connectivity index (χ1) is 7.11. The van der Waals surface area contributed by atoms with Gasteiger partial charge in [-0.3, -0.25) is 4.79 Å². The smallest absolute Gasteiger partial charge is 0.160 e. The number of Topliss-reactive ketones (excluding diaryl/α,β-unsaturated/α-hetero) is 1. The summed E-state index contributed by atoms with van der Waals surface area (Å²) >= 11 is 1.48. The number of nitrogens with zero attached hydrogens (tertiary/aromatic N) is 1. The standard InChI is InChI=1S/C11H13NO2S/c1-7(12-14)9-5-4-6-10(8(2)13)11(9)15-3/h4-6,14H,1-3H3/b12-7+. The summed E-state index contributed by atoms with van der Waals surface area (Å²) in [5.74, 6) is 0.0203. The number of ketones is 1. The van der Waals surface area contributed by atoms with Gasteiger partial charge in [-0.2, -0.15) is 0 Å². The largest absolute Gasteiger partial charge is 0.411 e. The van der Waals surface area contributed by atoms with E-state index in [1.165, 1.54) is 18.7 Å². The Hall–Kier alpha value is -1.29. The predicted octanol–water partition coefficient (Wildman–Crippen LogP) is 2.81. The first-order valence-corrected chi connectivity index (χ1v) is 5.71. The molecule has 0 bridgehead atoms. The second kappa shape index (κ2) is 4.98. The van der Waals surface area contributed by atoms with Gasteiger partial charge in [-0.25, -0.2) is 0 Å². The van der Waals surface area contributed by atoms with Gasteiger partial charge in [-0.15, -0.1) is 11.8 Å². The summed E-state index contributed by atoms with van der Waals surface area (Å²) in [5.41, 5.74) is 1.99. The van der Waals surface area contributed by atoms with E-state index in [9.17, 15) is 4.79 Å². The van der Waals surface area contributed by atoms with E-state index in [0.29, 0.717) is 11.3 Å². The molecule has 0 saturated carbocycles. The van der Waals surface area contributed by atoms with Crippen LogP contribution in [0, 0.1) is 0 Å². The van der Waals surface area contributed by atoms with Crippen LogP contribution in [0.3, 0.4) is 0 Å². The van der Waals surface area contributed by atoms with Crippen LogP contribution in [0.5, 0.6) is 0 Å². The van der Waals surface area contributed by atoms with E-state index in [2.05, 4.69) is 5.16 Å². The van der Waals surface area contributed by atoms with Gasteiger partial charge in [-0.1, -0.05) is 23.4 Å². The molecule has 0 aliphatic carbocycles. The first kappa shape index (κ1) is 11.8. The lowest BCUT2D eigenvalue weighted by Crippen LogP contribution is -2.03. The highest BCUT2D eigenvalue weighted by Gasteiger charge is 2.12. The van der Waals surface area contributed by atoms with E-state index in [-0.39, 0.29) is 5.78 Å². The lowest BCUT2D eigenvalue weighted by molar-refractivity contribution is 0.101. The Balaban J connectivity index is 3.41. The molecule has 3 nitrogen and oxygen atoms in total.